The number of benzene rings is 2. The molecule has 2 rings (SSSR count). The molecule has 0 amide bonds. The van der Waals surface area contributed by atoms with E-state index in [0.717, 1.165) is 13.2 Å². The van der Waals surface area contributed by atoms with Crippen molar-refractivity contribution in [2.75, 3.05) is 14.2 Å². The first-order valence-corrected chi connectivity index (χ1v) is 7.44. The van der Waals surface area contributed by atoms with E-state index in [2.05, 4.69) is 9.47 Å². The summed E-state index contributed by atoms with van der Waals surface area (Å²) in [5.41, 5.74) is -0.0783. The van der Waals surface area contributed by atoms with Crippen LogP contribution in [0.2, 0.25) is 0 Å². The first-order valence-electron chi connectivity index (χ1n) is 6.00. The number of ether oxygens (including phenoxy) is 2. The van der Waals surface area contributed by atoms with Crippen LogP contribution in [-0.4, -0.2) is 39.1 Å². The molecule has 8 heteroatoms. The first-order chi connectivity index (χ1) is 10.3. The summed E-state index contributed by atoms with van der Waals surface area (Å²) in [5.74, 6) is -1.49. The van der Waals surface area contributed by atoms with Crippen LogP contribution >= 0.6 is 0 Å². The van der Waals surface area contributed by atoms with Gasteiger partial charge in [-0.1, -0.05) is 6.07 Å². The molecule has 0 fully saturated rings. The summed E-state index contributed by atoms with van der Waals surface area (Å²) in [6.45, 7) is 0. The van der Waals surface area contributed by atoms with Gasteiger partial charge in [0.05, 0.1) is 25.3 Å². The predicted molar refractivity (Wildman–Crippen MR) is 76.4 cm³/mol. The Hall–Kier alpha value is -2.45. The molecule has 0 heterocycles. The Bertz CT molecular complexity index is 868. The van der Waals surface area contributed by atoms with Gasteiger partial charge in [-0.15, -0.1) is 0 Å². The SMILES string of the molecule is COC(=O)c1ccc2cc(C(=O)OC)c(S(=O)(=O)O)cc2c1. The molecule has 1 N–H and O–H groups in total. The monoisotopic (exact) mass is 324 g/mol. The van der Waals surface area contributed by atoms with Crippen molar-refractivity contribution in [3.63, 3.8) is 0 Å². The van der Waals surface area contributed by atoms with Gasteiger partial charge < -0.3 is 9.47 Å². The van der Waals surface area contributed by atoms with Crippen LogP contribution in [0, 0.1) is 0 Å². The zero-order chi connectivity index (χ0) is 16.5. The Morgan fingerprint density at radius 1 is 0.955 bits per heavy atom. The van der Waals surface area contributed by atoms with E-state index in [1.165, 1.54) is 31.4 Å². The Morgan fingerprint density at radius 2 is 1.59 bits per heavy atom. The van der Waals surface area contributed by atoms with Crippen molar-refractivity contribution in [3.05, 3.63) is 41.5 Å². The molecule has 2 aromatic rings. The van der Waals surface area contributed by atoms with E-state index in [1.54, 1.807) is 0 Å². The number of rotatable bonds is 3. The van der Waals surface area contributed by atoms with Crippen molar-refractivity contribution in [1.29, 1.82) is 0 Å². The molecule has 0 saturated heterocycles. The molecule has 22 heavy (non-hydrogen) atoms. The second kappa shape index (κ2) is 5.74. The summed E-state index contributed by atoms with van der Waals surface area (Å²) >= 11 is 0. The third-order valence-corrected chi connectivity index (χ3v) is 3.94. The van der Waals surface area contributed by atoms with Gasteiger partial charge in [-0.3, -0.25) is 4.55 Å². The lowest BCUT2D eigenvalue weighted by Gasteiger charge is -2.09. The molecule has 0 spiro atoms. The Kier molecular flexibility index (Phi) is 4.16. The summed E-state index contributed by atoms with van der Waals surface area (Å²) < 4.78 is 41.3. The number of carbonyl (C=O) groups is 2. The highest BCUT2D eigenvalue weighted by atomic mass is 32.2. The lowest BCUT2D eigenvalue weighted by molar-refractivity contribution is 0.0589. The molecule has 0 atom stereocenters. The number of methoxy groups -OCH3 is 2. The summed E-state index contributed by atoms with van der Waals surface area (Å²) in [5, 5.41) is 0.851. The highest BCUT2D eigenvalue weighted by molar-refractivity contribution is 7.86. The fourth-order valence-corrected chi connectivity index (χ4v) is 2.70. The van der Waals surface area contributed by atoms with E-state index in [-0.39, 0.29) is 11.1 Å². The third-order valence-electron chi connectivity index (χ3n) is 3.04. The maximum absolute atomic E-state index is 11.7. The molecule has 0 aliphatic rings. The molecule has 0 aromatic heterocycles. The molecule has 0 unspecified atom stereocenters. The number of esters is 2. The van der Waals surface area contributed by atoms with E-state index >= 15 is 0 Å². The molecular formula is C14H12O7S. The van der Waals surface area contributed by atoms with Gasteiger partial charge in [0.15, 0.2) is 0 Å². The predicted octanol–water partition coefficient (Wildman–Crippen LogP) is 1.66. The van der Waals surface area contributed by atoms with Gasteiger partial charge >= 0.3 is 11.9 Å². The molecule has 0 saturated carbocycles. The lowest BCUT2D eigenvalue weighted by atomic mass is 10.0. The van der Waals surface area contributed by atoms with Crippen molar-refractivity contribution in [2.24, 2.45) is 0 Å². The average molecular weight is 324 g/mol. The van der Waals surface area contributed by atoms with Crippen LogP contribution in [0.3, 0.4) is 0 Å². The van der Waals surface area contributed by atoms with E-state index < -0.39 is 27.0 Å². The minimum Gasteiger partial charge on any atom is -0.465 e. The number of fused-ring (bicyclic) bond motifs is 1. The van der Waals surface area contributed by atoms with Crippen molar-refractivity contribution in [1.82, 2.24) is 0 Å². The summed E-state index contributed by atoms with van der Waals surface area (Å²) in [6.07, 6.45) is 0. The lowest BCUT2D eigenvalue weighted by Crippen LogP contribution is -2.10. The van der Waals surface area contributed by atoms with E-state index in [0.29, 0.717) is 10.8 Å². The van der Waals surface area contributed by atoms with Crippen LogP contribution < -0.4 is 0 Å². The molecule has 0 aliphatic heterocycles. The van der Waals surface area contributed by atoms with E-state index in [4.69, 9.17) is 0 Å². The van der Waals surface area contributed by atoms with Crippen molar-refractivity contribution in [3.8, 4) is 0 Å². The van der Waals surface area contributed by atoms with Crippen molar-refractivity contribution in [2.45, 2.75) is 4.90 Å². The maximum atomic E-state index is 11.7. The second-order valence-corrected chi connectivity index (χ2v) is 5.76. The maximum Gasteiger partial charge on any atom is 0.339 e. The molecular weight excluding hydrogens is 312 g/mol. The highest BCUT2D eigenvalue weighted by Gasteiger charge is 2.22. The standard InChI is InChI=1S/C14H12O7S/c1-20-13(15)9-4-3-8-6-11(14(16)21-2)12(22(17,18)19)7-10(8)5-9/h3-7H,1-2H3,(H,17,18,19). The van der Waals surface area contributed by atoms with Gasteiger partial charge in [-0.05, 0) is 35.0 Å². The van der Waals surface area contributed by atoms with Crippen LogP contribution in [0.5, 0.6) is 0 Å². The summed E-state index contributed by atoms with van der Waals surface area (Å²) in [4.78, 5) is 22.6. The fourth-order valence-electron chi connectivity index (χ4n) is 2.00. The fraction of sp³-hybridized carbons (Fsp3) is 0.143. The summed E-state index contributed by atoms with van der Waals surface area (Å²) in [7, 11) is -2.32. The minimum atomic E-state index is -4.64. The molecule has 0 radical (unpaired) electrons. The first kappa shape index (κ1) is 15.9. The molecule has 0 aliphatic carbocycles. The van der Waals surface area contributed by atoms with Gasteiger partial charge in [0, 0.05) is 0 Å². The average Bonchev–Trinajstić information content (AvgIpc) is 2.50. The van der Waals surface area contributed by atoms with Gasteiger partial charge in [0.25, 0.3) is 10.1 Å². The van der Waals surface area contributed by atoms with Crippen LogP contribution in [0.25, 0.3) is 10.8 Å². The zero-order valence-electron chi connectivity index (χ0n) is 11.7. The zero-order valence-corrected chi connectivity index (χ0v) is 12.5. The van der Waals surface area contributed by atoms with E-state index in [9.17, 15) is 22.6 Å². The van der Waals surface area contributed by atoms with Crippen LogP contribution in [0.15, 0.2) is 35.2 Å². The number of carbonyl (C=O) groups excluding carboxylic acids is 2. The van der Waals surface area contributed by atoms with Gasteiger partial charge in [-0.25, -0.2) is 9.59 Å². The largest absolute Gasteiger partial charge is 0.465 e. The third kappa shape index (κ3) is 2.92. The smallest absolute Gasteiger partial charge is 0.339 e. The Morgan fingerprint density at radius 3 is 2.14 bits per heavy atom. The minimum absolute atomic E-state index is 0.210. The number of hydrogen-bond donors (Lipinski definition) is 1. The molecule has 0 bridgehead atoms. The van der Waals surface area contributed by atoms with Crippen LogP contribution in [0.1, 0.15) is 20.7 Å². The molecule has 7 nitrogen and oxygen atoms in total. The second-order valence-electron chi connectivity index (χ2n) is 4.37. The van der Waals surface area contributed by atoms with Crippen molar-refractivity contribution >= 4 is 32.8 Å². The Balaban J connectivity index is 2.78. The quantitative estimate of drug-likeness (QED) is 0.675. The van der Waals surface area contributed by atoms with Gasteiger partial charge in [0.2, 0.25) is 0 Å². The van der Waals surface area contributed by atoms with Crippen LogP contribution in [-0.2, 0) is 19.6 Å². The molecule has 116 valence electrons. The van der Waals surface area contributed by atoms with Crippen molar-refractivity contribution < 1.29 is 32.0 Å². The summed E-state index contributed by atoms with van der Waals surface area (Å²) in [6, 6.07) is 6.77. The number of hydrogen-bond acceptors (Lipinski definition) is 6. The topological polar surface area (TPSA) is 107 Å². The van der Waals surface area contributed by atoms with Gasteiger partial charge in [-0.2, -0.15) is 8.42 Å². The Labute approximate surface area is 126 Å². The van der Waals surface area contributed by atoms with E-state index in [1.807, 2.05) is 0 Å². The molecule has 2 aromatic carbocycles. The van der Waals surface area contributed by atoms with Gasteiger partial charge in [0.1, 0.15) is 4.90 Å². The van der Waals surface area contributed by atoms with Crippen LogP contribution in [0.4, 0.5) is 0 Å². The normalized spacial score (nSPS) is 11.2. The highest BCUT2D eigenvalue weighted by Crippen LogP contribution is 2.25.